The van der Waals surface area contributed by atoms with E-state index in [0.29, 0.717) is 79.9 Å². The second-order valence-electron chi connectivity index (χ2n) is 31.7. The molecule has 0 bridgehead atoms. The predicted molar refractivity (Wildman–Crippen MR) is 521 cm³/mol. The molecule has 5 atom stereocenters. The number of aromatic nitrogens is 8. The number of hydrogen-bond donors (Lipinski definition) is 2. The van der Waals surface area contributed by atoms with Crippen molar-refractivity contribution in [2.45, 2.75) is 163 Å². The van der Waals surface area contributed by atoms with Crippen molar-refractivity contribution in [3.63, 3.8) is 0 Å². The van der Waals surface area contributed by atoms with E-state index in [-0.39, 0.29) is 70.4 Å². The minimum Gasteiger partial charge on any atom is -0.356 e. The summed E-state index contributed by atoms with van der Waals surface area (Å²) in [6, 6.07) is 61.7. The van der Waals surface area contributed by atoms with Crippen LogP contribution in [0.25, 0.3) is 43.6 Å². The number of amides is 1. The smallest absolute Gasteiger partial charge is 0.356 e. The normalized spacial score (nSPS) is 15.5. The third-order valence-electron chi connectivity index (χ3n) is 22.5. The Kier molecular flexibility index (Phi) is 42.2. The van der Waals surface area contributed by atoms with Gasteiger partial charge in [-0.1, -0.05) is 180 Å². The average Bonchev–Trinajstić information content (AvgIpc) is 0.784. The maximum absolute atomic E-state index is 13.3. The minimum atomic E-state index is -3.11. The van der Waals surface area contributed by atoms with Crippen molar-refractivity contribution in [2.75, 3.05) is 13.6 Å². The third-order valence-corrected chi connectivity index (χ3v) is 23.5. The summed E-state index contributed by atoms with van der Waals surface area (Å²) in [5.74, 6) is 20.1. The standard InChI is InChI=1S/2C23H21FN2O.C19H17BrN2O.C15H17BrN2O.C12H15NO.C8H5F.CH5N.2ClH.2O3S/c2*1-2-4-18-10-12-22-25-21-14-17(8-7-16-5-3-6-19(24)13-16)9-11-20(21)23(27)26(22)15-18;20-15-7-8-16-17(11-15)21-18-9-6-14(12-22(18)19(16)23)10-13-4-2-1-3-5-13;1-2-3-10-4-7-14-17-13-8-11(16)5-6-12(13)15(19)18(14)9-10;14-12-7-6-11(9-13-12)8-10-4-2-1-3-5-10;1-2-7-4-3-5-8(9)6-7;1-2;;;2*1-4(2)3/h2*3,5-6,9,11,13-14,18H,2,4,10,12,15H2,1H3;1-5,7-8,11,14H,6,9-10,12H2;5-6,8,10H,2-4,7,9H2,1H3;1-5,11H,6-9H2,(H,13,14);1,3-6H;2H2,1H3;2*1H;;. The van der Waals surface area contributed by atoms with E-state index in [2.05, 4.69) is 147 Å². The predicted octanol–water partition coefficient (Wildman–Crippen LogP) is 18.1. The molecule has 21 nitrogen and oxygen atoms in total. The highest BCUT2D eigenvalue weighted by atomic mass is 79.9. The van der Waals surface area contributed by atoms with E-state index in [1.165, 1.54) is 67.4 Å². The molecule has 30 heteroatoms. The molecule has 5 unspecified atom stereocenters. The van der Waals surface area contributed by atoms with Crippen LogP contribution in [0, 0.1) is 83.1 Å². The zero-order valence-electron chi connectivity index (χ0n) is 73.0. The van der Waals surface area contributed by atoms with Crippen molar-refractivity contribution in [3.05, 3.63) is 336 Å². The zero-order chi connectivity index (χ0) is 92.5. The minimum absolute atomic E-state index is 0. The molecular weight excluding hydrogens is 1880 g/mol. The van der Waals surface area contributed by atoms with E-state index in [9.17, 15) is 37.1 Å². The van der Waals surface area contributed by atoms with Gasteiger partial charge in [-0.2, -0.15) is 0 Å². The number of fused-ring (bicyclic) bond motifs is 8. The highest BCUT2D eigenvalue weighted by Gasteiger charge is 2.27. The molecule has 9 aromatic carbocycles. The number of nitrogens with one attached hydrogen (secondary N) is 1. The first-order valence-corrected chi connectivity index (χ1v) is 46.6. The van der Waals surface area contributed by atoms with Crippen LogP contribution >= 0.6 is 56.7 Å². The van der Waals surface area contributed by atoms with Crippen molar-refractivity contribution in [1.29, 1.82) is 0 Å². The van der Waals surface area contributed by atoms with Crippen LogP contribution in [0.15, 0.2) is 234 Å². The second kappa shape index (κ2) is 52.9. The highest BCUT2D eigenvalue weighted by molar-refractivity contribution is 9.10. The molecule has 5 aliphatic rings. The van der Waals surface area contributed by atoms with Crippen LogP contribution in [0.4, 0.5) is 13.2 Å². The Hall–Kier alpha value is -11.8. The van der Waals surface area contributed by atoms with Crippen molar-refractivity contribution in [2.24, 2.45) is 35.3 Å². The van der Waals surface area contributed by atoms with Gasteiger partial charge in [0.2, 0.25) is 5.91 Å². The Balaban J connectivity index is 0.000000194. The number of benzene rings is 9. The molecule has 5 aliphatic heterocycles. The largest absolute Gasteiger partial charge is 0.425 e. The number of halogens is 7. The molecule has 0 spiro atoms. The van der Waals surface area contributed by atoms with Crippen molar-refractivity contribution in [3.8, 4) is 36.0 Å². The first-order chi connectivity index (χ1) is 62.3. The number of carbonyl (C=O) groups excluding carboxylic acids is 1. The zero-order valence-corrected chi connectivity index (χ0v) is 79.5. The number of carbonyl (C=O) groups is 1. The van der Waals surface area contributed by atoms with E-state index < -0.39 is 21.2 Å². The van der Waals surface area contributed by atoms with Gasteiger partial charge in [-0.05, 0) is 239 Å². The van der Waals surface area contributed by atoms with Crippen LogP contribution in [0.3, 0.4) is 0 Å². The van der Waals surface area contributed by atoms with Crippen LogP contribution in [-0.2, 0) is 90.7 Å². The van der Waals surface area contributed by atoms with Gasteiger partial charge in [0.05, 0.1) is 43.6 Å². The molecule has 1 amide bonds. The lowest BCUT2D eigenvalue weighted by Gasteiger charge is -2.26. The summed E-state index contributed by atoms with van der Waals surface area (Å²) in [6.07, 6.45) is 23.7. The molecule has 0 radical (unpaired) electrons. The summed E-state index contributed by atoms with van der Waals surface area (Å²) < 4.78 is 98.9. The van der Waals surface area contributed by atoms with Gasteiger partial charge >= 0.3 is 21.2 Å². The van der Waals surface area contributed by atoms with E-state index in [4.69, 9.17) is 46.6 Å². The summed E-state index contributed by atoms with van der Waals surface area (Å²) in [5.41, 5.74) is 13.8. The van der Waals surface area contributed by atoms with Gasteiger partial charge in [-0.3, -0.25) is 42.2 Å². The van der Waals surface area contributed by atoms with Gasteiger partial charge in [0, 0.05) is 102 Å². The number of hydrogen-bond acceptors (Lipinski definition) is 16. The molecule has 18 rings (SSSR count). The molecular formula is C101H103Br2Cl2F3N10O11S2. The lowest BCUT2D eigenvalue weighted by molar-refractivity contribution is -0.122. The van der Waals surface area contributed by atoms with E-state index >= 15 is 0 Å². The lowest BCUT2D eigenvalue weighted by atomic mass is 9.92. The Morgan fingerprint density at radius 1 is 0.382 bits per heavy atom. The van der Waals surface area contributed by atoms with Gasteiger partial charge in [-0.25, -0.2) is 33.1 Å². The van der Waals surface area contributed by atoms with E-state index in [1.807, 2.05) is 91.1 Å². The maximum atomic E-state index is 13.3. The summed E-state index contributed by atoms with van der Waals surface area (Å²) in [6.45, 7) is 10.6. The summed E-state index contributed by atoms with van der Waals surface area (Å²) in [5, 5.41) is 5.61. The topological polar surface area (TPSA) is 297 Å². The first kappa shape index (κ1) is 105. The van der Waals surface area contributed by atoms with Crippen LogP contribution in [0.1, 0.15) is 160 Å². The summed E-state index contributed by atoms with van der Waals surface area (Å²) >= 11 is 6.89. The average molecular weight is 1980 g/mol. The number of rotatable bonds is 10. The Labute approximate surface area is 792 Å². The van der Waals surface area contributed by atoms with Gasteiger partial charge < -0.3 is 11.1 Å². The number of nitrogens with two attached hydrogens (primary N) is 1. The van der Waals surface area contributed by atoms with Crippen LogP contribution in [0.2, 0.25) is 0 Å². The van der Waals surface area contributed by atoms with E-state index in [1.54, 1.807) is 48.5 Å². The van der Waals surface area contributed by atoms with Crippen LogP contribution in [0.5, 0.6) is 0 Å². The number of nitrogens with zero attached hydrogens (tertiary/aromatic N) is 8. The summed E-state index contributed by atoms with van der Waals surface area (Å²) in [7, 11) is -4.72. The van der Waals surface area contributed by atoms with Crippen LogP contribution < -0.4 is 33.3 Å². The first-order valence-electron chi connectivity index (χ1n) is 43.0. The Morgan fingerprint density at radius 2 is 0.672 bits per heavy atom. The fourth-order valence-corrected chi connectivity index (χ4v) is 17.1. The fraction of sp³-hybridized carbons (Fsp3) is 0.317. The fourth-order valence-electron chi connectivity index (χ4n) is 16.4. The molecule has 13 aromatic rings. The summed E-state index contributed by atoms with van der Waals surface area (Å²) in [4.78, 5) is 80.9. The van der Waals surface area contributed by atoms with Crippen molar-refractivity contribution in [1.82, 2.24) is 43.5 Å². The molecule has 684 valence electrons. The quantitative estimate of drug-likeness (QED) is 0.120. The number of aryl methyl sites for hydroxylation is 4. The Morgan fingerprint density at radius 3 is 0.985 bits per heavy atom. The van der Waals surface area contributed by atoms with Gasteiger partial charge in [0.25, 0.3) is 22.2 Å². The monoisotopic (exact) mass is 1980 g/mol. The highest BCUT2D eigenvalue weighted by Crippen LogP contribution is 2.29. The molecule has 4 aromatic heterocycles. The van der Waals surface area contributed by atoms with Gasteiger partial charge in [0.15, 0.2) is 0 Å². The molecule has 1 fully saturated rings. The SMILES string of the molecule is C#Cc1cccc(F)c1.CCCC1CCc2nc3cc(Br)ccc3c(=O)n2C1.CCCC1CCc2nc3cc(C#Cc4cccc(F)c4)ccc3c(=O)n2C1.CCCC1CCc2nc3cc(C#Cc4cccc(F)c4)ccc3c(=O)n2C1.CN.Cl.Cl.O=C1CCC(Cc2ccccc2)CN1.O=S(=O)=O.O=S(=O)=O.O=c1c2ccc(Br)cc2nc2n1CC(Cc1ccccc1)CC2. The second-order valence-corrected chi connectivity index (χ2v) is 34.4. The third kappa shape index (κ3) is 31.5. The molecule has 131 heavy (non-hydrogen) atoms. The molecule has 0 saturated carbocycles. The molecule has 9 heterocycles. The van der Waals surface area contributed by atoms with Gasteiger partial charge in [0.1, 0.15) is 40.7 Å². The number of terminal acetylenes is 1. The lowest BCUT2D eigenvalue weighted by Crippen LogP contribution is -2.35. The Bertz CT molecular complexity index is 6600. The van der Waals surface area contributed by atoms with Crippen LogP contribution in [-0.4, -0.2) is 83.0 Å². The molecule has 0 aliphatic carbocycles. The van der Waals surface area contributed by atoms with Gasteiger partial charge in [-0.15, -0.1) is 56.5 Å². The molecule has 3 N–H and O–H groups in total. The van der Waals surface area contributed by atoms with E-state index in [0.717, 1.165) is 189 Å². The number of piperidine rings is 1. The molecule has 1 saturated heterocycles. The van der Waals surface area contributed by atoms with Crippen molar-refractivity contribution >= 4 is 127 Å². The van der Waals surface area contributed by atoms with Crippen molar-refractivity contribution < 1.29 is 43.2 Å². The maximum Gasteiger partial charge on any atom is 0.425 e.